The SMILES string of the molecule is CCN(CC)C(=O)c1ccc(C)c(-c2nc(SC)nc3c2CNC(=O)N3c2c(F)cccc2F)c1.CSc1nc(Cl)c2c(n1)N(c1c(F)cccc1F)C(=O)NC2. The zero-order chi connectivity index (χ0) is 41.1. The number of nitrogens with zero attached hydrogens (tertiary/aromatic N) is 7. The van der Waals surface area contributed by atoms with Gasteiger partial charge in [0, 0.05) is 29.8 Å². The summed E-state index contributed by atoms with van der Waals surface area (Å²) in [7, 11) is 0. The number of aromatic nitrogens is 4. The van der Waals surface area contributed by atoms with Gasteiger partial charge in [0.2, 0.25) is 0 Å². The number of amides is 5. The van der Waals surface area contributed by atoms with E-state index < -0.39 is 46.7 Å². The maximum Gasteiger partial charge on any atom is 0.328 e. The van der Waals surface area contributed by atoms with Crippen molar-refractivity contribution >= 4 is 76.1 Å². The number of hydrogen-bond acceptors (Lipinski definition) is 9. The van der Waals surface area contributed by atoms with Crippen LogP contribution in [0.1, 0.15) is 40.9 Å². The maximum absolute atomic E-state index is 14.7. The molecule has 12 nitrogen and oxygen atoms in total. The van der Waals surface area contributed by atoms with E-state index in [1.165, 1.54) is 35.7 Å². The standard InChI is InChI=1S/C25H25F2N5O2S.C13H9ClF2N4OS/c1-5-31(6-2)23(33)15-11-10-14(3)16(12-15)20-17-13-28-25(34)32(22(17)30-24(29-20)35-4)21-18(26)8-7-9-19(21)27;1-22-12-18-10(14)6-5-17-13(21)20(11(6)19-12)9-7(15)3-2-4-8(9)16/h7-12H,5-6,13H2,1-4H3,(H,28,34);2-4H,5H2,1H3,(H,17,21). The molecule has 0 aliphatic carbocycles. The maximum atomic E-state index is 14.7. The van der Waals surface area contributed by atoms with E-state index >= 15 is 0 Å². The Morgan fingerprint density at radius 2 is 1.23 bits per heavy atom. The molecule has 19 heteroatoms. The summed E-state index contributed by atoms with van der Waals surface area (Å²) in [6, 6.07) is 10.8. The first-order valence-electron chi connectivity index (χ1n) is 17.3. The largest absolute Gasteiger partial charge is 0.339 e. The van der Waals surface area contributed by atoms with Gasteiger partial charge in [-0.2, -0.15) is 0 Å². The highest BCUT2D eigenvalue weighted by molar-refractivity contribution is 7.98. The van der Waals surface area contributed by atoms with Crippen molar-refractivity contribution < 1.29 is 31.9 Å². The van der Waals surface area contributed by atoms with Gasteiger partial charge in [-0.15, -0.1) is 0 Å². The van der Waals surface area contributed by atoms with Crippen molar-refractivity contribution in [1.29, 1.82) is 0 Å². The number of hydrogen-bond donors (Lipinski definition) is 2. The van der Waals surface area contributed by atoms with Crippen LogP contribution in [-0.4, -0.2) is 68.4 Å². The first kappa shape index (κ1) is 41.2. The highest BCUT2D eigenvalue weighted by Crippen LogP contribution is 2.40. The third-order valence-electron chi connectivity index (χ3n) is 9.02. The van der Waals surface area contributed by atoms with Crippen molar-refractivity contribution in [2.75, 3.05) is 35.4 Å². The predicted octanol–water partition coefficient (Wildman–Crippen LogP) is 8.79. The van der Waals surface area contributed by atoms with Crippen LogP contribution in [0.4, 0.5) is 50.2 Å². The van der Waals surface area contributed by atoms with Crippen LogP contribution in [0.5, 0.6) is 0 Å². The monoisotopic (exact) mass is 839 g/mol. The minimum Gasteiger partial charge on any atom is -0.339 e. The van der Waals surface area contributed by atoms with Gasteiger partial charge >= 0.3 is 12.1 Å². The summed E-state index contributed by atoms with van der Waals surface area (Å²) in [5.74, 6) is -3.44. The van der Waals surface area contributed by atoms with Crippen LogP contribution in [0, 0.1) is 30.2 Å². The van der Waals surface area contributed by atoms with Gasteiger partial charge in [0.05, 0.1) is 24.3 Å². The minimum atomic E-state index is -0.887. The van der Waals surface area contributed by atoms with Crippen molar-refractivity contribution in [3.8, 4) is 11.3 Å². The van der Waals surface area contributed by atoms with Crippen molar-refractivity contribution in [1.82, 2.24) is 35.5 Å². The quantitative estimate of drug-likeness (QED) is 0.0680. The number of para-hydroxylation sites is 2. The van der Waals surface area contributed by atoms with Gasteiger partial charge in [-0.1, -0.05) is 53.3 Å². The van der Waals surface area contributed by atoms with E-state index in [0.717, 1.165) is 39.6 Å². The van der Waals surface area contributed by atoms with E-state index in [0.29, 0.717) is 51.4 Å². The molecule has 0 bridgehead atoms. The number of carbonyl (C=O) groups is 3. The normalized spacial score (nSPS) is 13.2. The molecule has 0 fully saturated rings. The summed E-state index contributed by atoms with van der Waals surface area (Å²) in [6.07, 6.45) is 3.50. The van der Waals surface area contributed by atoms with Crippen LogP contribution in [-0.2, 0) is 13.1 Å². The number of urea groups is 2. The lowest BCUT2D eigenvalue weighted by molar-refractivity contribution is 0.0773. The molecule has 0 spiro atoms. The summed E-state index contributed by atoms with van der Waals surface area (Å²) in [4.78, 5) is 58.8. The Bertz CT molecular complexity index is 2370. The van der Waals surface area contributed by atoms with Gasteiger partial charge in [-0.05, 0) is 75.2 Å². The number of fused-ring (bicyclic) bond motifs is 2. The molecular formula is C38H34ClF4N9O3S2. The van der Waals surface area contributed by atoms with E-state index in [2.05, 4.69) is 30.6 Å². The van der Waals surface area contributed by atoms with E-state index in [9.17, 15) is 31.9 Å². The number of anilines is 4. The van der Waals surface area contributed by atoms with Crippen molar-refractivity contribution in [3.05, 3.63) is 105 Å². The van der Waals surface area contributed by atoms with Crippen LogP contribution >= 0.6 is 35.1 Å². The average Bonchev–Trinajstić information content (AvgIpc) is 3.19. The van der Waals surface area contributed by atoms with Gasteiger partial charge < -0.3 is 15.5 Å². The summed E-state index contributed by atoms with van der Waals surface area (Å²) in [6.45, 7) is 7.04. The minimum absolute atomic E-state index is 0.0678. The third-order valence-corrected chi connectivity index (χ3v) is 10.4. The van der Waals surface area contributed by atoms with E-state index in [1.54, 1.807) is 29.5 Å². The number of halogens is 5. The van der Waals surface area contributed by atoms with Gasteiger partial charge in [-0.3, -0.25) is 4.79 Å². The molecule has 2 aliphatic rings. The Morgan fingerprint density at radius 1 is 0.754 bits per heavy atom. The molecule has 0 saturated heterocycles. The fraction of sp³-hybridized carbons (Fsp3) is 0.237. The van der Waals surface area contributed by atoms with Gasteiger partial charge in [0.25, 0.3) is 5.91 Å². The van der Waals surface area contributed by atoms with Crippen molar-refractivity contribution in [3.63, 3.8) is 0 Å². The summed E-state index contributed by atoms with van der Waals surface area (Å²) in [5, 5.41) is 5.95. The Kier molecular flexibility index (Phi) is 12.5. The fourth-order valence-corrected chi connectivity index (χ4v) is 7.17. The number of rotatable bonds is 8. The molecule has 0 saturated carbocycles. The topological polar surface area (TPSA) is 137 Å². The van der Waals surface area contributed by atoms with Crippen LogP contribution < -0.4 is 20.4 Å². The molecule has 296 valence electrons. The summed E-state index contributed by atoms with van der Waals surface area (Å²) in [5.41, 5.74) is 2.43. The van der Waals surface area contributed by atoms with E-state index in [4.69, 9.17) is 11.6 Å². The lowest BCUT2D eigenvalue weighted by atomic mass is 9.97. The third kappa shape index (κ3) is 8.06. The molecule has 7 rings (SSSR count). The van der Waals surface area contributed by atoms with Crippen molar-refractivity contribution in [2.24, 2.45) is 0 Å². The first-order valence-corrected chi connectivity index (χ1v) is 20.2. The zero-order valence-corrected chi connectivity index (χ0v) is 33.5. The molecule has 2 aromatic heterocycles. The van der Waals surface area contributed by atoms with Gasteiger partial charge in [0.1, 0.15) is 39.8 Å². The molecule has 5 amide bonds. The first-order chi connectivity index (χ1) is 27.3. The second kappa shape index (κ2) is 17.4. The molecule has 5 aromatic rings. The molecule has 57 heavy (non-hydrogen) atoms. The highest BCUT2D eigenvalue weighted by Gasteiger charge is 2.35. The number of carbonyl (C=O) groups excluding carboxylic acids is 3. The van der Waals surface area contributed by atoms with Crippen LogP contribution in [0.2, 0.25) is 5.15 Å². The van der Waals surface area contributed by atoms with E-state index in [-0.39, 0.29) is 35.8 Å². The molecule has 0 radical (unpaired) electrons. The van der Waals surface area contributed by atoms with Crippen LogP contribution in [0.25, 0.3) is 11.3 Å². The summed E-state index contributed by atoms with van der Waals surface area (Å²) < 4.78 is 57.5. The predicted molar refractivity (Wildman–Crippen MR) is 212 cm³/mol. The Balaban J connectivity index is 0.000000214. The lowest BCUT2D eigenvalue weighted by Crippen LogP contribution is -2.43. The van der Waals surface area contributed by atoms with E-state index in [1.807, 2.05) is 26.8 Å². The highest BCUT2D eigenvalue weighted by atomic mass is 35.5. The number of aryl methyl sites for hydroxylation is 1. The number of thioether (sulfide) groups is 2. The Morgan fingerprint density at radius 3 is 1.72 bits per heavy atom. The molecule has 2 aliphatic heterocycles. The molecular weight excluding hydrogens is 806 g/mol. The second-order valence-electron chi connectivity index (χ2n) is 12.3. The molecule has 2 N–H and O–H groups in total. The molecule has 0 unspecified atom stereocenters. The zero-order valence-electron chi connectivity index (χ0n) is 31.1. The fourth-order valence-electron chi connectivity index (χ4n) is 6.17. The number of benzene rings is 3. The van der Waals surface area contributed by atoms with Crippen LogP contribution in [0.3, 0.4) is 0 Å². The molecule has 0 atom stereocenters. The van der Waals surface area contributed by atoms with Gasteiger partial charge in [0.15, 0.2) is 21.9 Å². The summed E-state index contributed by atoms with van der Waals surface area (Å²) >= 11 is 8.53. The number of nitrogens with one attached hydrogen (secondary N) is 2. The Labute approximate surface area is 338 Å². The second-order valence-corrected chi connectivity index (χ2v) is 14.2. The molecule has 3 aromatic carbocycles. The van der Waals surface area contributed by atoms with Crippen LogP contribution in [0.15, 0.2) is 64.9 Å². The lowest BCUT2D eigenvalue weighted by Gasteiger charge is -2.31. The Hall–Kier alpha value is -5.46. The molecule has 4 heterocycles. The smallest absolute Gasteiger partial charge is 0.328 e. The average molecular weight is 840 g/mol. The van der Waals surface area contributed by atoms with Gasteiger partial charge in [-0.25, -0.2) is 56.9 Å². The van der Waals surface area contributed by atoms with Crippen molar-refractivity contribution in [2.45, 2.75) is 44.2 Å².